The summed E-state index contributed by atoms with van der Waals surface area (Å²) in [6, 6.07) is 0. The van der Waals surface area contributed by atoms with Crippen molar-refractivity contribution >= 4 is 21.9 Å². The number of hydrogen-bond donors (Lipinski definition) is 1. The van der Waals surface area contributed by atoms with Gasteiger partial charge in [-0.1, -0.05) is 15.9 Å². The zero-order valence-electron chi connectivity index (χ0n) is 6.99. The Balaban J connectivity index is 2.30. The average Bonchev–Trinajstić information content (AvgIpc) is 2.59. The highest BCUT2D eigenvalue weighted by Crippen LogP contribution is 2.42. The molecule has 5 heteroatoms. The Morgan fingerprint density at radius 2 is 2.46 bits per heavy atom. The molecule has 3 unspecified atom stereocenters. The summed E-state index contributed by atoms with van der Waals surface area (Å²) in [4.78, 5) is 11.2. The molecule has 2 rings (SSSR count). The van der Waals surface area contributed by atoms with E-state index in [1.54, 1.807) is 0 Å². The van der Waals surface area contributed by atoms with Crippen molar-refractivity contribution in [3.63, 3.8) is 0 Å². The first-order chi connectivity index (χ1) is 6.15. The van der Waals surface area contributed by atoms with Crippen LogP contribution in [0, 0.1) is 0 Å². The number of aliphatic hydroxyl groups is 1. The lowest BCUT2D eigenvalue weighted by Crippen LogP contribution is -2.25. The predicted octanol–water partition coefficient (Wildman–Crippen LogP) is 0.340. The van der Waals surface area contributed by atoms with Crippen LogP contribution in [0.4, 0.5) is 0 Å². The van der Waals surface area contributed by atoms with Gasteiger partial charge in [-0.05, 0) is 0 Å². The van der Waals surface area contributed by atoms with Crippen LogP contribution in [0.5, 0.6) is 0 Å². The lowest BCUT2D eigenvalue weighted by molar-refractivity contribution is -0.137. The Kier molecular flexibility index (Phi) is 2.17. The molecule has 72 valence electrons. The zero-order chi connectivity index (χ0) is 9.59. The minimum Gasteiger partial charge on any atom is -0.466 e. The van der Waals surface area contributed by atoms with E-state index in [1.807, 2.05) is 0 Å². The number of carbonyl (C=O) groups excluding carboxylic acids is 1. The molecule has 0 spiro atoms. The van der Waals surface area contributed by atoms with E-state index in [2.05, 4.69) is 20.7 Å². The molecule has 0 aliphatic carbocycles. The minimum atomic E-state index is -0.507. The zero-order valence-corrected chi connectivity index (χ0v) is 8.58. The normalized spacial score (nSPS) is 37.0. The summed E-state index contributed by atoms with van der Waals surface area (Å²) in [5, 5.41) is 9.42. The summed E-state index contributed by atoms with van der Waals surface area (Å²) in [6.07, 6.45) is -0.710. The van der Waals surface area contributed by atoms with Gasteiger partial charge in [0.15, 0.2) is 0 Å². The Morgan fingerprint density at radius 1 is 1.77 bits per heavy atom. The van der Waals surface area contributed by atoms with Crippen LogP contribution in [0.1, 0.15) is 6.42 Å². The first-order valence-corrected chi connectivity index (χ1v) is 4.76. The van der Waals surface area contributed by atoms with Crippen molar-refractivity contribution < 1.29 is 19.4 Å². The Labute approximate surface area is 83.6 Å². The van der Waals surface area contributed by atoms with E-state index < -0.39 is 6.10 Å². The van der Waals surface area contributed by atoms with Crippen molar-refractivity contribution in [1.82, 2.24) is 0 Å². The van der Waals surface area contributed by atoms with Crippen molar-refractivity contribution in [2.45, 2.75) is 24.7 Å². The molecule has 0 saturated carbocycles. The molecule has 0 aromatic rings. The molecule has 0 aromatic heterocycles. The van der Waals surface area contributed by atoms with Crippen LogP contribution in [0.2, 0.25) is 0 Å². The number of esters is 1. The van der Waals surface area contributed by atoms with Crippen LogP contribution in [-0.2, 0) is 14.3 Å². The Bertz CT molecular complexity index is 286. The van der Waals surface area contributed by atoms with Gasteiger partial charge in [0.25, 0.3) is 0 Å². The van der Waals surface area contributed by atoms with Gasteiger partial charge in [0, 0.05) is 10.9 Å². The molecule has 2 heterocycles. The molecule has 1 fully saturated rings. The van der Waals surface area contributed by atoms with E-state index in [0.29, 0.717) is 16.5 Å². The third-order valence-corrected chi connectivity index (χ3v) is 3.23. The van der Waals surface area contributed by atoms with Crippen LogP contribution in [-0.4, -0.2) is 36.5 Å². The molecule has 4 nitrogen and oxygen atoms in total. The molecular weight excluding hydrogens is 240 g/mol. The first kappa shape index (κ1) is 9.18. The van der Waals surface area contributed by atoms with Crippen LogP contribution in [0.15, 0.2) is 10.1 Å². The maximum atomic E-state index is 11.2. The van der Waals surface area contributed by atoms with Crippen molar-refractivity contribution in [3.8, 4) is 0 Å². The maximum absolute atomic E-state index is 11.2. The summed E-state index contributed by atoms with van der Waals surface area (Å²) in [5.74, 6) is -0.383. The Morgan fingerprint density at radius 3 is 2.92 bits per heavy atom. The van der Waals surface area contributed by atoms with Gasteiger partial charge in [0.2, 0.25) is 0 Å². The van der Waals surface area contributed by atoms with Gasteiger partial charge in [0.05, 0.1) is 24.9 Å². The fraction of sp³-hybridized carbons (Fsp3) is 0.625. The third-order valence-electron chi connectivity index (χ3n) is 2.35. The number of aliphatic hydroxyl groups excluding tert-OH is 1. The average molecular weight is 249 g/mol. The molecule has 1 N–H and O–H groups in total. The van der Waals surface area contributed by atoms with Crippen LogP contribution in [0.25, 0.3) is 0 Å². The smallest absolute Gasteiger partial charge is 0.337 e. The lowest BCUT2D eigenvalue weighted by Gasteiger charge is -2.14. The molecule has 1 saturated heterocycles. The molecule has 0 amide bonds. The molecular formula is C8H9BrO4. The summed E-state index contributed by atoms with van der Waals surface area (Å²) in [7, 11) is 1.33. The first-order valence-electron chi connectivity index (χ1n) is 3.96. The van der Waals surface area contributed by atoms with Crippen LogP contribution >= 0.6 is 15.9 Å². The largest absolute Gasteiger partial charge is 0.466 e. The van der Waals surface area contributed by atoms with E-state index >= 15 is 0 Å². The van der Waals surface area contributed by atoms with Gasteiger partial charge in [-0.25, -0.2) is 4.79 Å². The maximum Gasteiger partial charge on any atom is 0.337 e. The van der Waals surface area contributed by atoms with Gasteiger partial charge < -0.3 is 14.6 Å². The highest BCUT2D eigenvalue weighted by atomic mass is 79.9. The van der Waals surface area contributed by atoms with Gasteiger partial charge in [-0.15, -0.1) is 0 Å². The van der Waals surface area contributed by atoms with Gasteiger partial charge in [0.1, 0.15) is 6.10 Å². The molecule has 0 radical (unpaired) electrons. The number of carbonyl (C=O) groups is 1. The van der Waals surface area contributed by atoms with Crippen molar-refractivity contribution in [1.29, 1.82) is 0 Å². The lowest BCUT2D eigenvalue weighted by atomic mass is 9.97. The fourth-order valence-corrected chi connectivity index (χ4v) is 2.56. The monoisotopic (exact) mass is 248 g/mol. The standard InChI is InChI=1S/C8H9BrO4/c1-12-8(11)5-4-2-3(10)7(13-4)6(5)9/h3-4,7,10H,2H2,1H3. The highest BCUT2D eigenvalue weighted by molar-refractivity contribution is 9.11. The third kappa shape index (κ3) is 1.22. The van der Waals surface area contributed by atoms with E-state index in [4.69, 9.17) is 4.74 Å². The van der Waals surface area contributed by atoms with E-state index in [-0.39, 0.29) is 18.2 Å². The van der Waals surface area contributed by atoms with Gasteiger partial charge in [-0.3, -0.25) is 0 Å². The SMILES string of the molecule is COC(=O)C1=C(Br)C2OC1CC2O. The summed E-state index contributed by atoms with van der Waals surface area (Å²) < 4.78 is 10.6. The number of methoxy groups -OCH3 is 1. The van der Waals surface area contributed by atoms with Gasteiger partial charge in [-0.2, -0.15) is 0 Å². The summed E-state index contributed by atoms with van der Waals surface area (Å²) in [5.41, 5.74) is 0.512. The number of rotatable bonds is 1. The minimum absolute atomic E-state index is 0.304. The number of fused-ring (bicyclic) bond motifs is 2. The number of ether oxygens (including phenoxy) is 2. The van der Waals surface area contributed by atoms with Crippen LogP contribution < -0.4 is 0 Å². The molecule has 0 aromatic carbocycles. The second-order valence-corrected chi connectivity index (χ2v) is 3.96. The van der Waals surface area contributed by atoms with E-state index in [1.165, 1.54) is 7.11 Å². The highest BCUT2D eigenvalue weighted by Gasteiger charge is 2.48. The molecule has 3 atom stereocenters. The summed E-state index contributed by atoms with van der Waals surface area (Å²) >= 11 is 3.24. The molecule has 2 bridgehead atoms. The number of hydrogen-bond acceptors (Lipinski definition) is 4. The van der Waals surface area contributed by atoms with Crippen molar-refractivity contribution in [2.75, 3.05) is 7.11 Å². The van der Waals surface area contributed by atoms with E-state index in [0.717, 1.165) is 0 Å². The van der Waals surface area contributed by atoms with Gasteiger partial charge >= 0.3 is 5.97 Å². The molecule has 2 aliphatic heterocycles. The predicted molar refractivity (Wildman–Crippen MR) is 47.3 cm³/mol. The van der Waals surface area contributed by atoms with Crippen LogP contribution in [0.3, 0.4) is 0 Å². The summed E-state index contributed by atoms with van der Waals surface area (Å²) in [6.45, 7) is 0. The van der Waals surface area contributed by atoms with Crippen molar-refractivity contribution in [3.05, 3.63) is 10.1 Å². The topological polar surface area (TPSA) is 55.8 Å². The quantitative estimate of drug-likeness (QED) is 0.681. The van der Waals surface area contributed by atoms with E-state index in [9.17, 15) is 9.90 Å². The molecule has 2 aliphatic rings. The second-order valence-electron chi connectivity index (χ2n) is 3.10. The number of halogens is 1. The second kappa shape index (κ2) is 3.08. The molecule has 13 heavy (non-hydrogen) atoms. The van der Waals surface area contributed by atoms with Crippen molar-refractivity contribution in [2.24, 2.45) is 0 Å². The Hall–Kier alpha value is -0.390. The fourth-order valence-electron chi connectivity index (χ4n) is 1.73.